The van der Waals surface area contributed by atoms with Crippen LogP contribution in [0.15, 0.2) is 24.3 Å². The van der Waals surface area contributed by atoms with Gasteiger partial charge in [-0.15, -0.1) is 0 Å². The fourth-order valence-electron chi connectivity index (χ4n) is 2.10. The van der Waals surface area contributed by atoms with E-state index in [-0.39, 0.29) is 6.03 Å². The zero-order valence-corrected chi connectivity index (χ0v) is 11.1. The number of urea groups is 1. The summed E-state index contributed by atoms with van der Waals surface area (Å²) in [5.41, 5.74) is 2.30. The monoisotopic (exact) mass is 262 g/mol. The van der Waals surface area contributed by atoms with Crippen LogP contribution in [0.1, 0.15) is 25.0 Å². The lowest BCUT2D eigenvalue weighted by Gasteiger charge is -2.22. The summed E-state index contributed by atoms with van der Waals surface area (Å²) in [5, 5.41) is 11.7. The highest BCUT2D eigenvalue weighted by molar-refractivity contribution is 5.77. The average Bonchev–Trinajstić information content (AvgIpc) is 2.81. The van der Waals surface area contributed by atoms with Crippen molar-refractivity contribution in [3.8, 4) is 0 Å². The minimum absolute atomic E-state index is 0.211. The van der Waals surface area contributed by atoms with Crippen LogP contribution in [0.5, 0.6) is 0 Å². The number of aliphatic carboxylic acids is 1. The van der Waals surface area contributed by atoms with E-state index in [0.29, 0.717) is 13.1 Å². The summed E-state index contributed by atoms with van der Waals surface area (Å²) in [5.74, 6) is -1.51. The van der Waals surface area contributed by atoms with Crippen LogP contribution in [0.4, 0.5) is 4.79 Å². The van der Waals surface area contributed by atoms with Gasteiger partial charge in [-0.1, -0.05) is 24.3 Å². The maximum absolute atomic E-state index is 12.1. The minimum Gasteiger partial charge on any atom is -0.481 e. The molecular formula is C14H18N2O3. The molecule has 2 rings (SSSR count). The standard InChI is InChI=1S/C14H18N2O3/c1-9(13(17)18)10(2)15-14(19)16-7-11-5-3-4-6-12(11)8-16/h3-6,9-10H,7-8H2,1-2H3,(H,15,19)(H,17,18). The molecule has 0 bridgehead atoms. The van der Waals surface area contributed by atoms with Crippen molar-refractivity contribution in [2.24, 2.45) is 5.92 Å². The third-order valence-electron chi connectivity index (χ3n) is 3.62. The number of nitrogens with zero attached hydrogens (tertiary/aromatic N) is 1. The van der Waals surface area contributed by atoms with Crippen molar-refractivity contribution in [2.45, 2.75) is 33.0 Å². The van der Waals surface area contributed by atoms with Crippen LogP contribution >= 0.6 is 0 Å². The third kappa shape index (κ3) is 2.86. The number of rotatable bonds is 3. The second-order valence-corrected chi connectivity index (χ2v) is 4.99. The van der Waals surface area contributed by atoms with E-state index in [2.05, 4.69) is 5.32 Å². The Balaban J connectivity index is 1.95. The molecule has 0 aliphatic carbocycles. The number of carbonyl (C=O) groups is 2. The van der Waals surface area contributed by atoms with Gasteiger partial charge < -0.3 is 15.3 Å². The van der Waals surface area contributed by atoms with E-state index >= 15 is 0 Å². The van der Waals surface area contributed by atoms with Gasteiger partial charge in [-0.25, -0.2) is 4.79 Å². The quantitative estimate of drug-likeness (QED) is 0.873. The number of carboxylic acid groups (broad SMARTS) is 1. The van der Waals surface area contributed by atoms with Crippen molar-refractivity contribution in [3.63, 3.8) is 0 Å². The topological polar surface area (TPSA) is 69.6 Å². The molecule has 2 unspecified atom stereocenters. The number of carboxylic acids is 1. The van der Waals surface area contributed by atoms with Crippen LogP contribution in [-0.2, 0) is 17.9 Å². The van der Waals surface area contributed by atoms with Crippen LogP contribution < -0.4 is 5.32 Å². The smallest absolute Gasteiger partial charge is 0.318 e. The second-order valence-electron chi connectivity index (χ2n) is 4.99. The van der Waals surface area contributed by atoms with Gasteiger partial charge >= 0.3 is 12.0 Å². The fraction of sp³-hybridized carbons (Fsp3) is 0.429. The highest BCUT2D eigenvalue weighted by Crippen LogP contribution is 2.22. The van der Waals surface area contributed by atoms with Gasteiger partial charge in [-0.3, -0.25) is 4.79 Å². The Morgan fingerprint density at radius 1 is 1.21 bits per heavy atom. The first-order chi connectivity index (χ1) is 8.99. The second kappa shape index (κ2) is 5.30. The summed E-state index contributed by atoms with van der Waals surface area (Å²) in [6.07, 6.45) is 0. The van der Waals surface area contributed by atoms with Gasteiger partial charge in [0.25, 0.3) is 0 Å². The van der Waals surface area contributed by atoms with E-state index in [1.807, 2.05) is 24.3 Å². The van der Waals surface area contributed by atoms with Crippen LogP contribution in [-0.4, -0.2) is 28.0 Å². The predicted molar refractivity (Wildman–Crippen MR) is 70.5 cm³/mol. The van der Waals surface area contributed by atoms with Crippen molar-refractivity contribution >= 4 is 12.0 Å². The molecule has 2 atom stereocenters. The number of hydrogen-bond acceptors (Lipinski definition) is 2. The van der Waals surface area contributed by atoms with Crippen molar-refractivity contribution in [3.05, 3.63) is 35.4 Å². The summed E-state index contributed by atoms with van der Waals surface area (Å²) in [6, 6.07) is 7.31. The maximum atomic E-state index is 12.1. The van der Waals surface area contributed by atoms with Crippen LogP contribution in [0, 0.1) is 5.92 Å². The number of fused-ring (bicyclic) bond motifs is 1. The lowest BCUT2D eigenvalue weighted by molar-refractivity contribution is -0.141. The molecular weight excluding hydrogens is 244 g/mol. The Kier molecular flexibility index (Phi) is 3.74. The molecule has 2 N–H and O–H groups in total. The van der Waals surface area contributed by atoms with E-state index in [1.165, 1.54) is 0 Å². The Morgan fingerprint density at radius 3 is 2.21 bits per heavy atom. The summed E-state index contributed by atoms with van der Waals surface area (Å²) in [4.78, 5) is 24.6. The molecule has 1 aromatic rings. The molecule has 0 saturated carbocycles. The van der Waals surface area contributed by atoms with Gasteiger partial charge in [0, 0.05) is 19.1 Å². The molecule has 0 radical (unpaired) electrons. The molecule has 0 saturated heterocycles. The summed E-state index contributed by atoms with van der Waals surface area (Å²) in [6.45, 7) is 4.46. The Labute approximate surface area is 112 Å². The third-order valence-corrected chi connectivity index (χ3v) is 3.62. The predicted octanol–water partition coefficient (Wildman–Crippen LogP) is 1.82. The first-order valence-corrected chi connectivity index (χ1v) is 6.34. The number of nitrogens with one attached hydrogen (secondary N) is 1. The molecule has 1 aliphatic heterocycles. The summed E-state index contributed by atoms with van der Waals surface area (Å²) < 4.78 is 0. The zero-order valence-electron chi connectivity index (χ0n) is 11.1. The fourth-order valence-corrected chi connectivity index (χ4v) is 2.10. The van der Waals surface area contributed by atoms with Crippen LogP contribution in [0.3, 0.4) is 0 Å². The number of carbonyl (C=O) groups excluding carboxylic acids is 1. The van der Waals surface area contributed by atoms with E-state index in [1.54, 1.807) is 18.7 Å². The van der Waals surface area contributed by atoms with Crippen molar-refractivity contribution < 1.29 is 14.7 Å². The van der Waals surface area contributed by atoms with Crippen LogP contribution in [0.2, 0.25) is 0 Å². The molecule has 1 aromatic carbocycles. The van der Waals surface area contributed by atoms with E-state index in [4.69, 9.17) is 5.11 Å². The number of benzene rings is 1. The highest BCUT2D eigenvalue weighted by atomic mass is 16.4. The van der Waals surface area contributed by atoms with Crippen molar-refractivity contribution in [2.75, 3.05) is 0 Å². The zero-order chi connectivity index (χ0) is 14.0. The molecule has 5 nitrogen and oxygen atoms in total. The SMILES string of the molecule is CC(NC(=O)N1Cc2ccccc2C1)C(C)C(=O)O. The summed E-state index contributed by atoms with van der Waals surface area (Å²) >= 11 is 0. The molecule has 102 valence electrons. The largest absolute Gasteiger partial charge is 0.481 e. The normalized spacial score (nSPS) is 16.6. The Bertz CT molecular complexity index is 476. The minimum atomic E-state index is -0.905. The number of amides is 2. The first kappa shape index (κ1) is 13.4. The molecule has 0 aromatic heterocycles. The maximum Gasteiger partial charge on any atom is 0.318 e. The molecule has 0 spiro atoms. The van der Waals surface area contributed by atoms with E-state index in [9.17, 15) is 9.59 Å². The van der Waals surface area contributed by atoms with Gasteiger partial charge in [-0.2, -0.15) is 0 Å². The van der Waals surface area contributed by atoms with Gasteiger partial charge in [0.1, 0.15) is 0 Å². The van der Waals surface area contributed by atoms with Gasteiger partial charge in [0.15, 0.2) is 0 Å². The van der Waals surface area contributed by atoms with Gasteiger partial charge in [-0.05, 0) is 25.0 Å². The molecule has 0 fully saturated rings. The van der Waals surface area contributed by atoms with Gasteiger partial charge in [0.2, 0.25) is 0 Å². The molecule has 5 heteroatoms. The average molecular weight is 262 g/mol. The molecule has 1 heterocycles. The lowest BCUT2D eigenvalue weighted by atomic mass is 10.0. The molecule has 2 amide bonds. The van der Waals surface area contributed by atoms with Crippen molar-refractivity contribution in [1.29, 1.82) is 0 Å². The Hall–Kier alpha value is -2.04. The van der Waals surface area contributed by atoms with Crippen molar-refractivity contribution in [1.82, 2.24) is 10.2 Å². The van der Waals surface area contributed by atoms with Gasteiger partial charge in [0.05, 0.1) is 5.92 Å². The van der Waals surface area contributed by atoms with Crippen LogP contribution in [0.25, 0.3) is 0 Å². The molecule has 1 aliphatic rings. The molecule has 19 heavy (non-hydrogen) atoms. The van der Waals surface area contributed by atoms with E-state index in [0.717, 1.165) is 11.1 Å². The van der Waals surface area contributed by atoms with E-state index < -0.39 is 17.9 Å². The first-order valence-electron chi connectivity index (χ1n) is 6.34. The number of hydrogen-bond donors (Lipinski definition) is 2. The lowest BCUT2D eigenvalue weighted by Crippen LogP contribution is -2.45. The summed E-state index contributed by atoms with van der Waals surface area (Å²) in [7, 11) is 0. The highest BCUT2D eigenvalue weighted by Gasteiger charge is 2.26. The Morgan fingerprint density at radius 2 is 1.74 bits per heavy atom.